The van der Waals surface area contributed by atoms with E-state index in [9.17, 15) is 13.6 Å². The molecule has 0 fully saturated rings. The maximum Gasteiger partial charge on any atom is 0.254 e. The molecule has 1 amide bonds. The topological polar surface area (TPSA) is 38.3 Å². The lowest BCUT2D eigenvalue weighted by Crippen LogP contribution is -2.32. The summed E-state index contributed by atoms with van der Waals surface area (Å²) >= 11 is 11.2. The lowest BCUT2D eigenvalue weighted by Gasteiger charge is -2.10. The number of ether oxygens (including phenoxy) is 1. The van der Waals surface area contributed by atoms with E-state index in [1.54, 1.807) is 0 Å². The first kappa shape index (κ1) is 15.1. The molecule has 1 aromatic carbocycles. The molecular formula is C11H11Cl2F2NO2. The summed E-state index contributed by atoms with van der Waals surface area (Å²) in [6.07, 6.45) is 0. The molecule has 0 bridgehead atoms. The van der Waals surface area contributed by atoms with Crippen molar-refractivity contribution >= 4 is 29.1 Å². The van der Waals surface area contributed by atoms with Crippen molar-refractivity contribution < 1.29 is 18.3 Å². The molecule has 0 aromatic heterocycles. The van der Waals surface area contributed by atoms with Crippen molar-refractivity contribution in [1.82, 2.24) is 5.32 Å². The Morgan fingerprint density at radius 2 is 2.11 bits per heavy atom. The number of benzene rings is 1. The van der Waals surface area contributed by atoms with Gasteiger partial charge in [0.05, 0.1) is 22.6 Å². The van der Waals surface area contributed by atoms with Crippen molar-refractivity contribution in [3.63, 3.8) is 0 Å². The number of rotatable bonds is 5. The van der Waals surface area contributed by atoms with Gasteiger partial charge in [0.1, 0.15) is 11.6 Å². The first-order valence-corrected chi connectivity index (χ1v) is 5.83. The maximum atomic E-state index is 13.4. The van der Waals surface area contributed by atoms with Crippen LogP contribution in [0.3, 0.4) is 0 Å². The lowest BCUT2D eigenvalue weighted by molar-refractivity contribution is 0.0944. The molecule has 1 rings (SSSR count). The van der Waals surface area contributed by atoms with Crippen LogP contribution in [0.1, 0.15) is 10.4 Å². The van der Waals surface area contributed by atoms with Crippen LogP contribution in [0.15, 0.2) is 12.1 Å². The summed E-state index contributed by atoms with van der Waals surface area (Å²) in [5.74, 6) is -2.51. The molecule has 0 aliphatic rings. The maximum absolute atomic E-state index is 13.4. The van der Waals surface area contributed by atoms with Gasteiger partial charge >= 0.3 is 0 Å². The minimum atomic E-state index is -0.892. The average Bonchev–Trinajstić information content (AvgIpc) is 2.31. The van der Waals surface area contributed by atoms with Crippen LogP contribution >= 0.6 is 23.2 Å². The van der Waals surface area contributed by atoms with Gasteiger partial charge in [-0.1, -0.05) is 11.6 Å². The smallest absolute Gasteiger partial charge is 0.254 e. The van der Waals surface area contributed by atoms with E-state index in [0.29, 0.717) is 0 Å². The van der Waals surface area contributed by atoms with Crippen molar-refractivity contribution in [2.45, 2.75) is 5.38 Å². The zero-order chi connectivity index (χ0) is 13.7. The highest BCUT2D eigenvalue weighted by Gasteiger charge is 2.16. The Morgan fingerprint density at radius 3 is 2.72 bits per heavy atom. The normalized spacial score (nSPS) is 12.3. The van der Waals surface area contributed by atoms with Crippen LogP contribution in [0.2, 0.25) is 5.02 Å². The van der Waals surface area contributed by atoms with Crippen molar-refractivity contribution in [2.24, 2.45) is 0 Å². The van der Waals surface area contributed by atoms with E-state index in [0.717, 1.165) is 12.1 Å². The molecule has 100 valence electrons. The molecule has 18 heavy (non-hydrogen) atoms. The third-order valence-electron chi connectivity index (χ3n) is 2.09. The number of amides is 1. The fourth-order valence-corrected chi connectivity index (χ4v) is 1.59. The van der Waals surface area contributed by atoms with Crippen LogP contribution in [0.25, 0.3) is 0 Å². The molecule has 1 unspecified atom stereocenters. The predicted molar refractivity (Wildman–Crippen MR) is 65.2 cm³/mol. The molecule has 3 nitrogen and oxygen atoms in total. The molecule has 0 aliphatic carbocycles. The fraction of sp³-hybridized carbons (Fsp3) is 0.364. The van der Waals surface area contributed by atoms with Crippen molar-refractivity contribution in [1.29, 1.82) is 0 Å². The molecule has 7 heteroatoms. The highest BCUT2D eigenvalue weighted by molar-refractivity contribution is 6.30. The summed E-state index contributed by atoms with van der Waals surface area (Å²) in [7, 11) is 1.46. The van der Waals surface area contributed by atoms with E-state index in [4.69, 9.17) is 27.9 Å². The largest absolute Gasteiger partial charge is 0.383 e. The molecule has 0 heterocycles. The first-order chi connectivity index (χ1) is 8.45. The Balaban J connectivity index is 2.70. The van der Waals surface area contributed by atoms with Gasteiger partial charge in [-0.2, -0.15) is 0 Å². The number of hydrogen-bond donors (Lipinski definition) is 1. The SMILES string of the molecule is COCC(Cl)CNC(=O)c1cc(F)c(Cl)cc1F. The summed E-state index contributed by atoms with van der Waals surface area (Å²) < 4.78 is 31.3. The van der Waals surface area contributed by atoms with Gasteiger partial charge in [-0.25, -0.2) is 8.78 Å². The second-order valence-corrected chi connectivity index (χ2v) is 4.53. The van der Waals surface area contributed by atoms with Crippen LogP contribution in [-0.4, -0.2) is 31.5 Å². The summed E-state index contributed by atoms with van der Waals surface area (Å²) in [6.45, 7) is 0.317. The van der Waals surface area contributed by atoms with Crippen molar-refractivity contribution in [2.75, 3.05) is 20.3 Å². The molecule has 0 aliphatic heterocycles. The van der Waals surface area contributed by atoms with Gasteiger partial charge in [0.25, 0.3) is 5.91 Å². The van der Waals surface area contributed by atoms with Crippen LogP contribution in [-0.2, 0) is 4.74 Å². The van der Waals surface area contributed by atoms with Gasteiger partial charge in [0, 0.05) is 13.7 Å². The van der Waals surface area contributed by atoms with Crippen LogP contribution < -0.4 is 5.32 Å². The van der Waals surface area contributed by atoms with Crippen LogP contribution in [0.5, 0.6) is 0 Å². The second kappa shape index (κ2) is 6.87. The highest BCUT2D eigenvalue weighted by Crippen LogP contribution is 2.19. The minimum Gasteiger partial charge on any atom is -0.383 e. The highest BCUT2D eigenvalue weighted by atomic mass is 35.5. The van der Waals surface area contributed by atoms with Gasteiger partial charge in [-0.3, -0.25) is 4.79 Å². The van der Waals surface area contributed by atoms with Gasteiger partial charge < -0.3 is 10.1 Å². The summed E-state index contributed by atoms with van der Waals surface area (Å²) in [5.41, 5.74) is -0.418. The summed E-state index contributed by atoms with van der Waals surface area (Å²) in [5, 5.41) is 1.55. The molecule has 0 saturated carbocycles. The minimum absolute atomic E-state index is 0.0813. The fourth-order valence-electron chi connectivity index (χ4n) is 1.24. The standard InChI is InChI=1S/C11H11Cl2F2NO2/c1-18-5-6(12)4-16-11(17)7-2-10(15)8(13)3-9(7)14/h2-3,6H,4-5H2,1H3,(H,16,17). The van der Waals surface area contributed by atoms with Crippen molar-refractivity contribution in [3.05, 3.63) is 34.4 Å². The molecule has 0 radical (unpaired) electrons. The predicted octanol–water partition coefficient (Wildman–Crippen LogP) is 2.60. The van der Waals surface area contributed by atoms with E-state index in [-0.39, 0.29) is 18.2 Å². The number of halogens is 4. The van der Waals surface area contributed by atoms with Crippen LogP contribution in [0, 0.1) is 11.6 Å². The van der Waals surface area contributed by atoms with Crippen molar-refractivity contribution in [3.8, 4) is 0 Å². The summed E-state index contributed by atoms with van der Waals surface area (Å²) in [4.78, 5) is 11.6. The van der Waals surface area contributed by atoms with Gasteiger partial charge in [0.2, 0.25) is 0 Å². The monoisotopic (exact) mass is 297 g/mol. The van der Waals surface area contributed by atoms with Crippen LogP contribution in [0.4, 0.5) is 8.78 Å². The average molecular weight is 298 g/mol. The Hall–Kier alpha value is -0.910. The third kappa shape index (κ3) is 4.08. The van der Waals surface area contributed by atoms with Gasteiger partial charge in [-0.15, -0.1) is 11.6 Å². The van der Waals surface area contributed by atoms with E-state index in [1.165, 1.54) is 7.11 Å². The molecule has 1 atom stereocenters. The third-order valence-corrected chi connectivity index (χ3v) is 2.66. The number of methoxy groups -OCH3 is 1. The Morgan fingerprint density at radius 1 is 1.44 bits per heavy atom. The van der Waals surface area contributed by atoms with Gasteiger partial charge in [0.15, 0.2) is 0 Å². The molecule has 1 N–H and O–H groups in total. The molecule has 1 aromatic rings. The lowest BCUT2D eigenvalue weighted by atomic mass is 10.2. The second-order valence-electron chi connectivity index (χ2n) is 3.51. The molecule has 0 saturated heterocycles. The van der Waals surface area contributed by atoms with Gasteiger partial charge in [-0.05, 0) is 12.1 Å². The number of carbonyl (C=O) groups excluding carboxylic acids is 1. The Kier molecular flexibility index (Phi) is 5.78. The zero-order valence-corrected chi connectivity index (χ0v) is 11.0. The Labute approximate surface area is 113 Å². The first-order valence-electron chi connectivity index (χ1n) is 5.01. The van der Waals surface area contributed by atoms with E-state index < -0.39 is 28.5 Å². The van der Waals surface area contributed by atoms with E-state index in [2.05, 4.69) is 5.32 Å². The van der Waals surface area contributed by atoms with E-state index in [1.807, 2.05) is 0 Å². The number of alkyl halides is 1. The van der Waals surface area contributed by atoms with E-state index >= 15 is 0 Å². The Bertz CT molecular complexity index is 443. The summed E-state index contributed by atoms with van der Waals surface area (Å²) in [6, 6.07) is 1.49. The quantitative estimate of drug-likeness (QED) is 0.670. The number of nitrogens with one attached hydrogen (secondary N) is 1. The number of hydrogen-bond acceptors (Lipinski definition) is 2. The molecule has 0 spiro atoms. The molecular weight excluding hydrogens is 287 g/mol. The zero-order valence-electron chi connectivity index (χ0n) is 9.47. The number of carbonyl (C=O) groups is 1.